The molecule has 1 unspecified atom stereocenters. The van der Waals surface area contributed by atoms with E-state index in [-0.39, 0.29) is 0 Å². The molecule has 0 heterocycles. The first-order valence-corrected chi connectivity index (χ1v) is 8.24. The van der Waals surface area contributed by atoms with Crippen molar-refractivity contribution in [3.63, 3.8) is 0 Å². The molecule has 0 amide bonds. The molecule has 0 spiro atoms. The third-order valence-corrected chi connectivity index (χ3v) is 4.19. The Labute approximate surface area is 147 Å². The van der Waals surface area contributed by atoms with Gasteiger partial charge in [0, 0.05) is 5.56 Å². The number of para-hydroxylation sites is 1. The SMILES string of the molecule is CC(C(=O)O)c1cccc(-c2ccccc2OCc2ccccc2)c1. The molecule has 1 N–H and O–H groups in total. The van der Waals surface area contributed by atoms with Gasteiger partial charge in [0.1, 0.15) is 12.4 Å². The van der Waals surface area contributed by atoms with Crippen LogP contribution in [0.2, 0.25) is 0 Å². The van der Waals surface area contributed by atoms with E-state index in [1.165, 1.54) is 0 Å². The van der Waals surface area contributed by atoms with E-state index in [0.29, 0.717) is 6.61 Å². The van der Waals surface area contributed by atoms with Crippen molar-refractivity contribution in [3.8, 4) is 16.9 Å². The van der Waals surface area contributed by atoms with Crippen LogP contribution in [0.1, 0.15) is 24.0 Å². The van der Waals surface area contributed by atoms with Crippen molar-refractivity contribution in [3.05, 3.63) is 90.0 Å². The van der Waals surface area contributed by atoms with Crippen LogP contribution in [-0.4, -0.2) is 11.1 Å². The average Bonchev–Trinajstić information content (AvgIpc) is 2.67. The maximum Gasteiger partial charge on any atom is 0.310 e. The first-order valence-electron chi connectivity index (χ1n) is 8.24. The highest BCUT2D eigenvalue weighted by atomic mass is 16.5. The van der Waals surface area contributed by atoms with Gasteiger partial charge in [0.15, 0.2) is 0 Å². The molecule has 0 saturated heterocycles. The smallest absolute Gasteiger partial charge is 0.310 e. The number of hydrogen-bond acceptors (Lipinski definition) is 2. The van der Waals surface area contributed by atoms with Crippen LogP contribution in [0.25, 0.3) is 11.1 Å². The zero-order chi connectivity index (χ0) is 17.6. The maximum absolute atomic E-state index is 11.2. The molecular weight excluding hydrogens is 312 g/mol. The zero-order valence-electron chi connectivity index (χ0n) is 14.1. The lowest BCUT2D eigenvalue weighted by Gasteiger charge is -2.13. The van der Waals surface area contributed by atoms with Crippen LogP contribution < -0.4 is 4.74 Å². The number of aliphatic carboxylic acids is 1. The van der Waals surface area contributed by atoms with Crippen LogP contribution in [0.4, 0.5) is 0 Å². The highest BCUT2D eigenvalue weighted by molar-refractivity contribution is 5.77. The first-order chi connectivity index (χ1) is 12.1. The molecule has 0 radical (unpaired) electrons. The lowest BCUT2D eigenvalue weighted by atomic mass is 9.96. The minimum Gasteiger partial charge on any atom is -0.488 e. The van der Waals surface area contributed by atoms with Gasteiger partial charge in [-0.1, -0.05) is 72.8 Å². The molecule has 3 aromatic rings. The summed E-state index contributed by atoms with van der Waals surface area (Å²) in [5.74, 6) is -0.588. The molecule has 3 rings (SSSR count). The fourth-order valence-corrected chi connectivity index (χ4v) is 2.68. The normalized spacial score (nSPS) is 11.7. The van der Waals surface area contributed by atoms with Crippen molar-refractivity contribution in [1.29, 1.82) is 0 Å². The lowest BCUT2D eigenvalue weighted by Crippen LogP contribution is -2.07. The third-order valence-electron chi connectivity index (χ3n) is 4.19. The summed E-state index contributed by atoms with van der Waals surface area (Å²) in [5, 5.41) is 9.24. The Bertz CT molecular complexity index is 856. The molecule has 3 heteroatoms. The van der Waals surface area contributed by atoms with E-state index in [1.54, 1.807) is 6.92 Å². The molecule has 1 atom stereocenters. The molecule has 0 aliphatic rings. The van der Waals surface area contributed by atoms with Gasteiger partial charge in [0.25, 0.3) is 0 Å². The van der Waals surface area contributed by atoms with Crippen LogP contribution in [0.15, 0.2) is 78.9 Å². The maximum atomic E-state index is 11.2. The molecule has 0 aliphatic heterocycles. The predicted octanol–water partition coefficient (Wildman–Crippen LogP) is 5.12. The van der Waals surface area contributed by atoms with Gasteiger partial charge in [-0.05, 0) is 29.7 Å². The van der Waals surface area contributed by atoms with Crippen LogP contribution in [-0.2, 0) is 11.4 Å². The van der Waals surface area contributed by atoms with Crippen LogP contribution >= 0.6 is 0 Å². The largest absolute Gasteiger partial charge is 0.488 e. The Balaban J connectivity index is 1.88. The number of rotatable bonds is 6. The van der Waals surface area contributed by atoms with E-state index in [4.69, 9.17) is 4.74 Å². The Morgan fingerprint density at radius 1 is 0.960 bits per heavy atom. The van der Waals surface area contributed by atoms with Gasteiger partial charge < -0.3 is 9.84 Å². The van der Waals surface area contributed by atoms with E-state index >= 15 is 0 Å². The van der Waals surface area contributed by atoms with E-state index in [1.807, 2.05) is 78.9 Å². The van der Waals surface area contributed by atoms with Gasteiger partial charge in [-0.3, -0.25) is 4.79 Å². The molecule has 3 aromatic carbocycles. The molecule has 0 aliphatic carbocycles. The number of hydrogen-bond donors (Lipinski definition) is 1. The van der Waals surface area contributed by atoms with E-state index in [9.17, 15) is 9.90 Å². The van der Waals surface area contributed by atoms with E-state index in [2.05, 4.69) is 0 Å². The molecule has 25 heavy (non-hydrogen) atoms. The minimum absolute atomic E-state index is 0.489. The fourth-order valence-electron chi connectivity index (χ4n) is 2.68. The molecule has 3 nitrogen and oxygen atoms in total. The Hall–Kier alpha value is -3.07. The standard InChI is InChI=1S/C22H20O3/c1-16(22(23)24)18-10-7-11-19(14-18)20-12-5-6-13-21(20)25-15-17-8-3-2-4-9-17/h2-14,16H,15H2,1H3,(H,23,24). The average molecular weight is 332 g/mol. The second-order valence-corrected chi connectivity index (χ2v) is 5.96. The van der Waals surface area contributed by atoms with Crippen LogP contribution in [0, 0.1) is 0 Å². The van der Waals surface area contributed by atoms with Gasteiger partial charge in [-0.25, -0.2) is 0 Å². The monoisotopic (exact) mass is 332 g/mol. The quantitative estimate of drug-likeness (QED) is 0.681. The second-order valence-electron chi connectivity index (χ2n) is 5.96. The summed E-state index contributed by atoms with van der Waals surface area (Å²) >= 11 is 0. The summed E-state index contributed by atoms with van der Waals surface area (Å²) in [6.45, 7) is 2.18. The molecule has 0 saturated carbocycles. The van der Waals surface area contributed by atoms with Crippen molar-refractivity contribution in [2.75, 3.05) is 0 Å². The number of carbonyl (C=O) groups is 1. The number of benzene rings is 3. The van der Waals surface area contributed by atoms with Crippen molar-refractivity contribution in [2.45, 2.75) is 19.4 Å². The topological polar surface area (TPSA) is 46.5 Å². The minimum atomic E-state index is -0.828. The fraction of sp³-hybridized carbons (Fsp3) is 0.136. The molecule has 0 aromatic heterocycles. The molecule has 0 bridgehead atoms. The van der Waals surface area contributed by atoms with E-state index in [0.717, 1.165) is 28.0 Å². The van der Waals surface area contributed by atoms with Crippen LogP contribution in [0.3, 0.4) is 0 Å². The second kappa shape index (κ2) is 7.67. The van der Waals surface area contributed by atoms with Crippen LogP contribution in [0.5, 0.6) is 5.75 Å². The summed E-state index contributed by atoms with van der Waals surface area (Å²) in [7, 11) is 0. The van der Waals surface area contributed by atoms with Gasteiger partial charge in [0.05, 0.1) is 5.92 Å². The molecule has 126 valence electrons. The third kappa shape index (κ3) is 4.07. The summed E-state index contributed by atoms with van der Waals surface area (Å²) in [4.78, 5) is 11.2. The van der Waals surface area contributed by atoms with Gasteiger partial charge in [-0.2, -0.15) is 0 Å². The number of carboxylic acids is 1. The summed E-state index contributed by atoms with van der Waals surface area (Å²) in [5.41, 5.74) is 3.79. The summed E-state index contributed by atoms with van der Waals surface area (Å²) in [6.07, 6.45) is 0. The van der Waals surface area contributed by atoms with Crippen molar-refractivity contribution >= 4 is 5.97 Å². The molecular formula is C22H20O3. The highest BCUT2D eigenvalue weighted by Gasteiger charge is 2.15. The highest BCUT2D eigenvalue weighted by Crippen LogP contribution is 2.32. The first kappa shape index (κ1) is 16.8. The molecule has 0 fully saturated rings. The van der Waals surface area contributed by atoms with Gasteiger partial charge in [0.2, 0.25) is 0 Å². The van der Waals surface area contributed by atoms with Gasteiger partial charge in [-0.15, -0.1) is 0 Å². The predicted molar refractivity (Wildman–Crippen MR) is 98.7 cm³/mol. The van der Waals surface area contributed by atoms with Gasteiger partial charge >= 0.3 is 5.97 Å². The zero-order valence-corrected chi connectivity index (χ0v) is 14.1. The number of ether oxygens (including phenoxy) is 1. The van der Waals surface area contributed by atoms with Crippen molar-refractivity contribution in [1.82, 2.24) is 0 Å². The number of carboxylic acid groups (broad SMARTS) is 1. The summed E-state index contributed by atoms with van der Waals surface area (Å²) < 4.78 is 6.01. The summed E-state index contributed by atoms with van der Waals surface area (Å²) in [6, 6.07) is 25.5. The van der Waals surface area contributed by atoms with Crippen molar-refractivity contribution < 1.29 is 14.6 Å². The Kier molecular flexibility index (Phi) is 5.14. The Morgan fingerprint density at radius 2 is 1.68 bits per heavy atom. The Morgan fingerprint density at radius 3 is 2.44 bits per heavy atom. The van der Waals surface area contributed by atoms with E-state index < -0.39 is 11.9 Å². The van der Waals surface area contributed by atoms with Crippen molar-refractivity contribution in [2.24, 2.45) is 0 Å². The lowest BCUT2D eigenvalue weighted by molar-refractivity contribution is -0.138.